The van der Waals surface area contributed by atoms with Gasteiger partial charge in [0.15, 0.2) is 35.2 Å². The normalized spacial score (nSPS) is 16.4. The third-order valence-electron chi connectivity index (χ3n) is 5.30. The highest BCUT2D eigenvalue weighted by Crippen LogP contribution is 2.31. The van der Waals surface area contributed by atoms with Crippen LogP contribution in [0.25, 0.3) is 0 Å². The zero-order valence-corrected chi connectivity index (χ0v) is 23.8. The molecule has 0 aromatic heterocycles. The molecule has 2 aliphatic heterocycles. The maximum absolute atomic E-state index is 5.92. The zero-order valence-electron chi connectivity index (χ0n) is 23.8. The van der Waals surface area contributed by atoms with E-state index in [1.807, 2.05) is 90.1 Å². The van der Waals surface area contributed by atoms with Crippen molar-refractivity contribution in [1.82, 2.24) is 0 Å². The number of rotatable bonds is 8. The molecule has 0 amide bonds. The van der Waals surface area contributed by atoms with Gasteiger partial charge in [-0.1, -0.05) is 90.1 Å². The van der Waals surface area contributed by atoms with Crippen LogP contribution in [-0.2, 0) is 22.7 Å². The van der Waals surface area contributed by atoms with Crippen LogP contribution in [0.5, 0.6) is 23.0 Å². The second-order valence-corrected chi connectivity index (χ2v) is 7.84. The Balaban J connectivity index is 0.000000791. The minimum atomic E-state index is -0.101. The van der Waals surface area contributed by atoms with Gasteiger partial charge in [-0.15, -0.1) is 0 Å². The molecule has 0 saturated heterocycles. The number of para-hydroxylation sites is 4. The van der Waals surface area contributed by atoms with Crippen molar-refractivity contribution in [3.05, 3.63) is 83.9 Å². The molecule has 208 valence electrons. The van der Waals surface area contributed by atoms with Crippen LogP contribution in [0.1, 0.15) is 52.7 Å². The van der Waals surface area contributed by atoms with Crippen LogP contribution in [0.3, 0.4) is 0 Å². The van der Waals surface area contributed by atoms with E-state index in [-0.39, 0.29) is 12.2 Å². The number of hydrogen-bond acceptors (Lipinski definition) is 6. The topological polar surface area (TPSA) is 55.4 Å². The molecule has 0 fully saturated rings. The number of fused-ring (bicyclic) bond motifs is 2. The molecule has 2 aliphatic rings. The van der Waals surface area contributed by atoms with Gasteiger partial charge in [-0.05, 0) is 35.4 Å². The zero-order chi connectivity index (χ0) is 27.6. The first kappa shape index (κ1) is 31.0. The first-order valence-electron chi connectivity index (χ1n) is 13.8. The SMILES string of the molecule is CC.CC.CC.c1ccc2c(c1)OCC(COCc1ccc(COCC3COc4ccccc4O3)cc1)O2. The summed E-state index contributed by atoms with van der Waals surface area (Å²) in [6.45, 7) is 15.0. The Morgan fingerprint density at radius 2 is 0.868 bits per heavy atom. The van der Waals surface area contributed by atoms with Gasteiger partial charge in [0, 0.05) is 0 Å². The summed E-state index contributed by atoms with van der Waals surface area (Å²) < 4.78 is 34.9. The molecule has 0 aliphatic carbocycles. The lowest BCUT2D eigenvalue weighted by Gasteiger charge is -2.26. The van der Waals surface area contributed by atoms with Crippen molar-refractivity contribution in [2.75, 3.05) is 26.4 Å². The molecule has 2 heterocycles. The highest BCUT2D eigenvalue weighted by Gasteiger charge is 2.21. The van der Waals surface area contributed by atoms with Crippen molar-refractivity contribution in [1.29, 1.82) is 0 Å². The van der Waals surface area contributed by atoms with Crippen LogP contribution in [-0.4, -0.2) is 38.6 Å². The van der Waals surface area contributed by atoms with E-state index in [0.717, 1.165) is 34.1 Å². The van der Waals surface area contributed by atoms with E-state index in [0.29, 0.717) is 39.6 Å². The molecule has 5 rings (SSSR count). The molecule has 0 saturated carbocycles. The Morgan fingerprint density at radius 3 is 1.24 bits per heavy atom. The lowest BCUT2D eigenvalue weighted by atomic mass is 10.1. The fraction of sp³-hybridized carbons (Fsp3) is 0.438. The van der Waals surface area contributed by atoms with Crippen molar-refractivity contribution in [3.8, 4) is 23.0 Å². The van der Waals surface area contributed by atoms with Gasteiger partial charge in [0.05, 0.1) is 26.4 Å². The monoisotopic (exact) mass is 524 g/mol. The number of ether oxygens (including phenoxy) is 6. The van der Waals surface area contributed by atoms with E-state index in [9.17, 15) is 0 Å². The lowest BCUT2D eigenvalue weighted by molar-refractivity contribution is 0.00206. The summed E-state index contributed by atoms with van der Waals surface area (Å²) in [4.78, 5) is 0. The average molecular weight is 525 g/mol. The molecule has 2 unspecified atom stereocenters. The minimum Gasteiger partial charge on any atom is -0.486 e. The van der Waals surface area contributed by atoms with Crippen molar-refractivity contribution in [2.45, 2.75) is 67.0 Å². The third-order valence-corrected chi connectivity index (χ3v) is 5.30. The van der Waals surface area contributed by atoms with E-state index < -0.39 is 0 Å². The van der Waals surface area contributed by atoms with Crippen molar-refractivity contribution in [2.24, 2.45) is 0 Å². The molecule has 6 heteroatoms. The highest BCUT2D eigenvalue weighted by atomic mass is 16.6. The van der Waals surface area contributed by atoms with Crippen LogP contribution < -0.4 is 18.9 Å². The van der Waals surface area contributed by atoms with Crippen molar-refractivity contribution in [3.63, 3.8) is 0 Å². The Bertz CT molecular complexity index is 938. The predicted octanol–water partition coefficient (Wildman–Crippen LogP) is 7.48. The smallest absolute Gasteiger partial charge is 0.161 e. The summed E-state index contributed by atoms with van der Waals surface area (Å²) >= 11 is 0. The van der Waals surface area contributed by atoms with Gasteiger partial charge in [-0.2, -0.15) is 0 Å². The second-order valence-electron chi connectivity index (χ2n) is 7.84. The third kappa shape index (κ3) is 9.58. The number of hydrogen-bond donors (Lipinski definition) is 0. The van der Waals surface area contributed by atoms with Gasteiger partial charge < -0.3 is 28.4 Å². The summed E-state index contributed by atoms with van der Waals surface area (Å²) in [6, 6.07) is 23.6. The van der Waals surface area contributed by atoms with E-state index in [2.05, 4.69) is 24.3 Å². The molecule has 3 aromatic rings. The summed E-state index contributed by atoms with van der Waals surface area (Å²) in [6.07, 6.45) is -0.203. The van der Waals surface area contributed by atoms with Crippen LogP contribution in [0.15, 0.2) is 72.8 Å². The molecule has 0 N–H and O–H groups in total. The largest absolute Gasteiger partial charge is 0.486 e. The Labute approximate surface area is 228 Å². The predicted molar refractivity (Wildman–Crippen MR) is 153 cm³/mol. The van der Waals surface area contributed by atoms with Crippen LogP contribution in [0.4, 0.5) is 0 Å². The van der Waals surface area contributed by atoms with Gasteiger partial charge in [0.2, 0.25) is 0 Å². The molecule has 6 nitrogen and oxygen atoms in total. The standard InChI is InChI=1S/C26H26O6.3C2H6/c1-3-7-25-23(5-1)29-17-21(31-25)15-27-13-19-9-11-20(12-10-19)14-28-16-22-18-30-24-6-2-4-8-26(24)32-22;3*1-2/h1-12,21-22H,13-18H2;3*1-2H3. The van der Waals surface area contributed by atoms with E-state index in [1.54, 1.807) is 0 Å². The molecular weight excluding hydrogens is 480 g/mol. The first-order valence-corrected chi connectivity index (χ1v) is 13.8. The van der Waals surface area contributed by atoms with Gasteiger partial charge in [-0.25, -0.2) is 0 Å². The fourth-order valence-corrected chi connectivity index (χ4v) is 3.64. The maximum Gasteiger partial charge on any atom is 0.161 e. The van der Waals surface area contributed by atoms with Crippen molar-refractivity contribution >= 4 is 0 Å². The molecule has 38 heavy (non-hydrogen) atoms. The molecule has 0 radical (unpaired) electrons. The van der Waals surface area contributed by atoms with Crippen LogP contribution in [0.2, 0.25) is 0 Å². The first-order chi connectivity index (χ1) is 18.8. The minimum absolute atomic E-state index is 0.101. The quantitative estimate of drug-likeness (QED) is 0.304. The molecule has 2 atom stereocenters. The fourth-order valence-electron chi connectivity index (χ4n) is 3.64. The van der Waals surface area contributed by atoms with Gasteiger partial charge in [0.1, 0.15) is 13.2 Å². The summed E-state index contributed by atoms with van der Waals surface area (Å²) in [7, 11) is 0. The molecule has 0 bridgehead atoms. The highest BCUT2D eigenvalue weighted by molar-refractivity contribution is 5.41. The molecule has 0 spiro atoms. The Morgan fingerprint density at radius 1 is 0.526 bits per heavy atom. The molecule has 3 aromatic carbocycles. The van der Waals surface area contributed by atoms with Crippen LogP contribution in [0, 0.1) is 0 Å². The number of benzene rings is 3. The second kappa shape index (κ2) is 18.1. The Kier molecular flexibility index (Phi) is 14.8. The van der Waals surface area contributed by atoms with E-state index in [1.165, 1.54) is 0 Å². The van der Waals surface area contributed by atoms with Gasteiger partial charge in [-0.3, -0.25) is 0 Å². The summed E-state index contributed by atoms with van der Waals surface area (Å²) in [5.74, 6) is 3.11. The van der Waals surface area contributed by atoms with Gasteiger partial charge in [0.25, 0.3) is 0 Å². The Hall–Kier alpha value is -3.22. The summed E-state index contributed by atoms with van der Waals surface area (Å²) in [5.41, 5.74) is 2.21. The lowest BCUT2D eigenvalue weighted by Crippen LogP contribution is -2.33. The van der Waals surface area contributed by atoms with Crippen LogP contribution >= 0.6 is 0 Å². The van der Waals surface area contributed by atoms with Crippen molar-refractivity contribution < 1.29 is 28.4 Å². The van der Waals surface area contributed by atoms with E-state index in [4.69, 9.17) is 28.4 Å². The maximum atomic E-state index is 5.92. The molecular formula is C32H44O6. The average Bonchev–Trinajstić information content (AvgIpc) is 3.01. The van der Waals surface area contributed by atoms with Gasteiger partial charge >= 0.3 is 0 Å². The summed E-state index contributed by atoms with van der Waals surface area (Å²) in [5, 5.41) is 0. The van der Waals surface area contributed by atoms with E-state index >= 15 is 0 Å².